The fourth-order valence-corrected chi connectivity index (χ4v) is 3.69. The van der Waals surface area contributed by atoms with Crippen molar-refractivity contribution in [2.24, 2.45) is 0 Å². The number of para-hydroxylation sites is 1. The molecular formula is C17H24N2O2P+. The smallest absolute Gasteiger partial charge is 0.347 e. The first-order valence-electron chi connectivity index (χ1n) is 7.35. The summed E-state index contributed by atoms with van der Waals surface area (Å²) in [5.74, 6) is 0.604. The number of likely N-dealkylation sites (N-methyl/N-ethyl adjacent to an activating group) is 1. The first-order chi connectivity index (χ1) is 10.4. The molecule has 2 aromatic rings. The maximum Gasteiger partial charge on any atom is 0.347 e. The predicted molar refractivity (Wildman–Crippen MR) is 91.7 cm³/mol. The number of rotatable bonds is 7. The summed E-state index contributed by atoms with van der Waals surface area (Å²) >= 11 is 0. The van der Waals surface area contributed by atoms with Crippen molar-refractivity contribution in [3.8, 4) is 5.75 Å². The lowest BCUT2D eigenvalue weighted by Crippen LogP contribution is -2.40. The third-order valence-electron chi connectivity index (χ3n) is 3.18. The lowest BCUT2D eigenvalue weighted by atomic mass is 10.3. The SMILES string of the molecule is C[N+](C)(C)CCN[P@](=O)(Oc1ccccc1)c1ccccc1. The molecule has 0 saturated carbocycles. The Morgan fingerprint density at radius 1 is 0.955 bits per heavy atom. The monoisotopic (exact) mass is 319 g/mol. The van der Waals surface area contributed by atoms with E-state index in [0.29, 0.717) is 17.6 Å². The number of nitrogens with zero attached hydrogens (tertiary/aromatic N) is 1. The van der Waals surface area contributed by atoms with E-state index in [1.54, 1.807) is 0 Å². The molecular weight excluding hydrogens is 295 g/mol. The molecule has 5 heteroatoms. The Bertz CT molecular complexity index is 624. The molecule has 2 aromatic carbocycles. The van der Waals surface area contributed by atoms with Crippen molar-refractivity contribution in [1.29, 1.82) is 0 Å². The maximum absolute atomic E-state index is 13.3. The highest BCUT2D eigenvalue weighted by atomic mass is 31.2. The first kappa shape index (κ1) is 16.8. The molecule has 0 amide bonds. The van der Waals surface area contributed by atoms with Crippen molar-refractivity contribution in [2.45, 2.75) is 0 Å². The molecule has 0 aliphatic heterocycles. The minimum Gasteiger partial charge on any atom is -0.430 e. The van der Waals surface area contributed by atoms with Gasteiger partial charge in [-0.05, 0) is 24.3 Å². The van der Waals surface area contributed by atoms with Crippen LogP contribution in [-0.4, -0.2) is 38.7 Å². The Morgan fingerprint density at radius 2 is 1.50 bits per heavy atom. The summed E-state index contributed by atoms with van der Waals surface area (Å²) in [5.41, 5.74) is 0. The van der Waals surface area contributed by atoms with Gasteiger partial charge < -0.3 is 9.01 Å². The average molecular weight is 319 g/mol. The molecule has 0 radical (unpaired) electrons. The van der Waals surface area contributed by atoms with E-state index >= 15 is 0 Å². The van der Waals surface area contributed by atoms with Gasteiger partial charge in [0.2, 0.25) is 0 Å². The highest BCUT2D eigenvalue weighted by Gasteiger charge is 2.27. The van der Waals surface area contributed by atoms with Crippen molar-refractivity contribution < 1.29 is 13.6 Å². The number of benzene rings is 2. The molecule has 2 rings (SSSR count). The standard InChI is InChI=1S/C17H24N2O2P/c1-19(2,3)15-14-18-22(20,17-12-8-5-9-13-17)21-16-10-6-4-7-11-16/h4-13H,14-15H2,1-3H3,(H,18,20)/q+1/t22-/m1/s1. The summed E-state index contributed by atoms with van der Waals surface area (Å²) in [6, 6.07) is 18.6. The second kappa shape index (κ2) is 7.10. The van der Waals surface area contributed by atoms with E-state index in [1.807, 2.05) is 60.7 Å². The molecule has 118 valence electrons. The molecule has 22 heavy (non-hydrogen) atoms. The van der Waals surface area contributed by atoms with Crippen LogP contribution in [0.5, 0.6) is 5.75 Å². The zero-order valence-electron chi connectivity index (χ0n) is 13.4. The number of hydrogen-bond acceptors (Lipinski definition) is 2. The van der Waals surface area contributed by atoms with Crippen LogP contribution in [0.3, 0.4) is 0 Å². The second-order valence-corrected chi connectivity index (χ2v) is 8.33. The normalized spacial score (nSPS) is 14.3. The Balaban J connectivity index is 2.19. The Kier molecular flexibility index (Phi) is 5.41. The lowest BCUT2D eigenvalue weighted by molar-refractivity contribution is -0.869. The summed E-state index contributed by atoms with van der Waals surface area (Å²) in [7, 11) is 3.17. The van der Waals surface area contributed by atoms with Gasteiger partial charge in [0.25, 0.3) is 0 Å². The van der Waals surface area contributed by atoms with E-state index in [-0.39, 0.29) is 0 Å². The van der Waals surface area contributed by atoms with E-state index in [0.717, 1.165) is 11.0 Å². The van der Waals surface area contributed by atoms with Crippen molar-refractivity contribution in [3.05, 3.63) is 60.7 Å². The molecule has 0 saturated heterocycles. The zero-order chi connectivity index (χ0) is 16.1. The van der Waals surface area contributed by atoms with E-state index in [9.17, 15) is 4.57 Å². The lowest BCUT2D eigenvalue weighted by Gasteiger charge is -2.26. The van der Waals surface area contributed by atoms with Crippen molar-refractivity contribution in [1.82, 2.24) is 5.09 Å². The number of hydrogen-bond donors (Lipinski definition) is 1. The van der Waals surface area contributed by atoms with Gasteiger partial charge in [-0.1, -0.05) is 36.4 Å². The molecule has 0 spiro atoms. The molecule has 0 aromatic heterocycles. The van der Waals surface area contributed by atoms with Gasteiger partial charge in [-0.2, -0.15) is 0 Å². The van der Waals surface area contributed by atoms with E-state index in [2.05, 4.69) is 26.2 Å². The van der Waals surface area contributed by atoms with Gasteiger partial charge in [0.15, 0.2) is 0 Å². The molecule has 0 unspecified atom stereocenters. The highest BCUT2D eigenvalue weighted by Crippen LogP contribution is 2.41. The highest BCUT2D eigenvalue weighted by molar-refractivity contribution is 7.65. The van der Waals surface area contributed by atoms with Gasteiger partial charge in [0.1, 0.15) is 5.75 Å². The van der Waals surface area contributed by atoms with Crippen LogP contribution in [0.15, 0.2) is 60.7 Å². The third-order valence-corrected chi connectivity index (χ3v) is 5.26. The fourth-order valence-electron chi connectivity index (χ4n) is 1.96. The molecule has 1 N–H and O–H groups in total. The second-order valence-electron chi connectivity index (χ2n) is 6.21. The van der Waals surface area contributed by atoms with Crippen molar-refractivity contribution >= 4 is 12.8 Å². The summed E-state index contributed by atoms with van der Waals surface area (Å²) in [6.45, 7) is 1.47. The molecule has 4 nitrogen and oxygen atoms in total. The Labute approximate surface area is 132 Å². The molecule has 0 aliphatic rings. The predicted octanol–water partition coefficient (Wildman–Crippen LogP) is 2.88. The van der Waals surface area contributed by atoms with Gasteiger partial charge in [-0.3, -0.25) is 4.57 Å². The minimum atomic E-state index is -3.14. The topological polar surface area (TPSA) is 38.3 Å². The van der Waals surface area contributed by atoms with E-state index < -0.39 is 7.52 Å². The van der Waals surface area contributed by atoms with E-state index in [4.69, 9.17) is 4.52 Å². The van der Waals surface area contributed by atoms with Crippen LogP contribution in [0, 0.1) is 0 Å². The van der Waals surface area contributed by atoms with Crippen LogP contribution in [0.2, 0.25) is 0 Å². The van der Waals surface area contributed by atoms with E-state index in [1.165, 1.54) is 0 Å². The Morgan fingerprint density at radius 3 is 2.05 bits per heavy atom. The van der Waals surface area contributed by atoms with Gasteiger partial charge >= 0.3 is 7.52 Å². The molecule has 0 bridgehead atoms. The van der Waals surface area contributed by atoms with Gasteiger partial charge in [0.05, 0.1) is 39.5 Å². The van der Waals surface area contributed by atoms with Gasteiger partial charge in [-0.15, -0.1) is 0 Å². The average Bonchev–Trinajstić information content (AvgIpc) is 2.48. The zero-order valence-corrected chi connectivity index (χ0v) is 14.3. The van der Waals surface area contributed by atoms with Crippen LogP contribution >= 0.6 is 7.52 Å². The maximum atomic E-state index is 13.3. The molecule has 0 aliphatic carbocycles. The largest absolute Gasteiger partial charge is 0.430 e. The number of quaternary nitrogens is 1. The fraction of sp³-hybridized carbons (Fsp3) is 0.294. The van der Waals surface area contributed by atoms with Crippen LogP contribution < -0.4 is 14.9 Å². The van der Waals surface area contributed by atoms with Crippen molar-refractivity contribution in [3.63, 3.8) is 0 Å². The number of nitrogens with one attached hydrogen (secondary N) is 1. The summed E-state index contributed by atoms with van der Waals surface area (Å²) in [5, 5.41) is 3.82. The van der Waals surface area contributed by atoms with Crippen molar-refractivity contribution in [2.75, 3.05) is 34.2 Å². The van der Waals surface area contributed by atoms with Crippen LogP contribution in [-0.2, 0) is 4.57 Å². The summed E-state index contributed by atoms with van der Waals surface area (Å²) in [4.78, 5) is 0. The van der Waals surface area contributed by atoms with Crippen LogP contribution in [0.25, 0.3) is 0 Å². The Hall–Kier alpha value is -1.61. The summed E-state index contributed by atoms with van der Waals surface area (Å²) in [6.07, 6.45) is 0. The molecule has 0 heterocycles. The van der Waals surface area contributed by atoms with Gasteiger partial charge in [-0.25, -0.2) is 5.09 Å². The first-order valence-corrected chi connectivity index (χ1v) is 8.97. The van der Waals surface area contributed by atoms with Crippen LogP contribution in [0.4, 0.5) is 0 Å². The van der Waals surface area contributed by atoms with Crippen LogP contribution in [0.1, 0.15) is 0 Å². The quantitative estimate of drug-likeness (QED) is 0.630. The van der Waals surface area contributed by atoms with Gasteiger partial charge in [0, 0.05) is 0 Å². The third kappa shape index (κ3) is 4.99. The minimum absolute atomic E-state index is 0.604. The molecule has 1 atom stereocenters. The summed E-state index contributed by atoms with van der Waals surface area (Å²) < 4.78 is 20.0. The molecule has 0 fully saturated rings.